The molecule has 0 aliphatic carbocycles. The maximum atomic E-state index is 13.0. The molecule has 2 aromatic heterocycles. The van der Waals surface area contributed by atoms with Gasteiger partial charge >= 0.3 is 0 Å². The smallest absolute Gasteiger partial charge is 0.223 e. The number of likely N-dealkylation sites (N-methyl/N-ethyl adjacent to an activating group) is 1. The number of amides is 1. The zero-order chi connectivity index (χ0) is 23.5. The summed E-state index contributed by atoms with van der Waals surface area (Å²) in [6.45, 7) is 6.50. The van der Waals surface area contributed by atoms with E-state index in [-0.39, 0.29) is 17.9 Å². The summed E-state index contributed by atoms with van der Waals surface area (Å²) in [4.78, 5) is 28.8. The summed E-state index contributed by atoms with van der Waals surface area (Å²) < 4.78 is 5.37. The minimum Gasteiger partial charge on any atom is -0.497 e. The lowest BCUT2D eigenvalue weighted by Gasteiger charge is -2.33. The molecular weight excluding hydrogens is 434 g/mol. The lowest BCUT2D eigenvalue weighted by Crippen LogP contribution is -2.43. The van der Waals surface area contributed by atoms with Crippen LogP contribution < -0.4 is 15.0 Å². The van der Waals surface area contributed by atoms with Crippen molar-refractivity contribution >= 4 is 33.3 Å². The molecule has 176 valence electrons. The number of methoxy groups -OCH3 is 1. The molecule has 3 aromatic rings. The van der Waals surface area contributed by atoms with E-state index in [1.54, 1.807) is 24.8 Å². The molecule has 0 radical (unpaired) electrons. The van der Waals surface area contributed by atoms with Crippen molar-refractivity contribution in [2.24, 2.45) is 5.92 Å². The minimum absolute atomic E-state index is 0.0250. The molecule has 0 bridgehead atoms. The number of benzene rings is 1. The molecule has 1 amide bonds. The Kier molecular flexibility index (Phi) is 7.14. The van der Waals surface area contributed by atoms with Crippen molar-refractivity contribution in [3.8, 4) is 5.75 Å². The summed E-state index contributed by atoms with van der Waals surface area (Å²) in [6, 6.07) is 8.12. The van der Waals surface area contributed by atoms with Crippen molar-refractivity contribution in [1.82, 2.24) is 20.2 Å². The minimum atomic E-state index is 0.0250. The Morgan fingerprint density at radius 1 is 1.27 bits per heavy atom. The quantitative estimate of drug-likeness (QED) is 0.567. The molecule has 0 spiro atoms. The van der Waals surface area contributed by atoms with E-state index in [0.717, 1.165) is 53.3 Å². The van der Waals surface area contributed by atoms with Crippen molar-refractivity contribution in [2.75, 3.05) is 45.7 Å². The molecule has 1 atom stereocenters. The average Bonchev–Trinajstić information content (AvgIpc) is 3.12. The highest BCUT2D eigenvalue weighted by atomic mass is 32.1. The van der Waals surface area contributed by atoms with E-state index in [9.17, 15) is 4.79 Å². The van der Waals surface area contributed by atoms with Gasteiger partial charge in [-0.15, -0.1) is 11.3 Å². The summed E-state index contributed by atoms with van der Waals surface area (Å²) in [5.41, 5.74) is 2.39. The first-order valence-corrected chi connectivity index (χ1v) is 12.2. The van der Waals surface area contributed by atoms with Crippen LogP contribution in [0.3, 0.4) is 0 Å². The van der Waals surface area contributed by atoms with Crippen molar-refractivity contribution in [3.05, 3.63) is 46.6 Å². The summed E-state index contributed by atoms with van der Waals surface area (Å²) in [5.74, 6) is 2.00. The normalized spacial score (nSPS) is 15.8. The van der Waals surface area contributed by atoms with Crippen LogP contribution in [-0.4, -0.2) is 61.6 Å². The first kappa shape index (κ1) is 23.4. The highest BCUT2D eigenvalue weighted by molar-refractivity contribution is 7.18. The third kappa shape index (κ3) is 4.96. The number of fused-ring (bicyclic) bond motifs is 1. The van der Waals surface area contributed by atoms with Crippen LogP contribution in [0.2, 0.25) is 0 Å². The van der Waals surface area contributed by atoms with Gasteiger partial charge in [0.25, 0.3) is 0 Å². The van der Waals surface area contributed by atoms with Crippen molar-refractivity contribution < 1.29 is 9.53 Å². The second-order valence-electron chi connectivity index (χ2n) is 8.92. The van der Waals surface area contributed by atoms with Crippen LogP contribution in [0.4, 0.5) is 5.82 Å². The number of anilines is 1. The first-order valence-electron chi connectivity index (χ1n) is 11.4. The molecule has 1 aromatic carbocycles. The predicted molar refractivity (Wildman–Crippen MR) is 134 cm³/mol. The Morgan fingerprint density at radius 2 is 2.03 bits per heavy atom. The fourth-order valence-corrected chi connectivity index (χ4v) is 5.54. The number of rotatable bonds is 7. The summed E-state index contributed by atoms with van der Waals surface area (Å²) in [7, 11) is 5.74. The van der Waals surface area contributed by atoms with Gasteiger partial charge in [-0.1, -0.05) is 12.1 Å². The Hall–Kier alpha value is -2.71. The second-order valence-corrected chi connectivity index (χ2v) is 10.1. The van der Waals surface area contributed by atoms with Gasteiger partial charge in [-0.05, 0) is 64.0 Å². The number of aryl methyl sites for hydroxylation is 2. The van der Waals surface area contributed by atoms with E-state index in [2.05, 4.69) is 45.0 Å². The van der Waals surface area contributed by atoms with E-state index < -0.39 is 0 Å². The third-order valence-corrected chi connectivity index (χ3v) is 7.80. The van der Waals surface area contributed by atoms with E-state index in [1.165, 1.54) is 10.4 Å². The molecule has 3 heterocycles. The van der Waals surface area contributed by atoms with Crippen LogP contribution in [0.25, 0.3) is 10.2 Å². The molecule has 1 N–H and O–H groups in total. The van der Waals surface area contributed by atoms with Crippen LogP contribution in [0.5, 0.6) is 5.75 Å². The molecule has 1 saturated heterocycles. The predicted octanol–water partition coefficient (Wildman–Crippen LogP) is 3.95. The van der Waals surface area contributed by atoms with Crippen molar-refractivity contribution in [3.63, 3.8) is 0 Å². The number of thiophene rings is 1. The number of aromatic nitrogens is 2. The Bertz CT molecular complexity index is 1120. The molecule has 1 aliphatic rings. The van der Waals surface area contributed by atoms with Crippen molar-refractivity contribution in [2.45, 2.75) is 32.7 Å². The lowest BCUT2D eigenvalue weighted by molar-refractivity contribution is -0.125. The highest BCUT2D eigenvalue weighted by Gasteiger charge is 2.28. The average molecular weight is 468 g/mol. The van der Waals surface area contributed by atoms with Gasteiger partial charge in [0.2, 0.25) is 5.91 Å². The summed E-state index contributed by atoms with van der Waals surface area (Å²) in [6.07, 6.45) is 3.31. The number of hydrogen-bond acceptors (Lipinski definition) is 7. The Balaban J connectivity index is 1.37. The van der Waals surface area contributed by atoms with E-state index >= 15 is 0 Å². The summed E-state index contributed by atoms with van der Waals surface area (Å²) >= 11 is 1.72. The van der Waals surface area contributed by atoms with Crippen molar-refractivity contribution in [1.29, 1.82) is 0 Å². The highest BCUT2D eigenvalue weighted by Crippen LogP contribution is 2.35. The first-order chi connectivity index (χ1) is 15.9. The lowest BCUT2D eigenvalue weighted by atomic mass is 9.95. The van der Waals surface area contributed by atoms with Crippen LogP contribution in [-0.2, 0) is 4.79 Å². The summed E-state index contributed by atoms with van der Waals surface area (Å²) in [5, 5.41) is 4.36. The van der Waals surface area contributed by atoms with Crippen LogP contribution in [0.15, 0.2) is 30.6 Å². The van der Waals surface area contributed by atoms with Crippen LogP contribution in [0.1, 0.15) is 34.9 Å². The van der Waals surface area contributed by atoms with Crippen LogP contribution >= 0.6 is 11.3 Å². The third-order valence-electron chi connectivity index (χ3n) is 6.68. The number of carbonyl (C=O) groups is 1. The van der Waals surface area contributed by atoms with Gasteiger partial charge in [-0.25, -0.2) is 9.97 Å². The largest absolute Gasteiger partial charge is 0.497 e. The van der Waals surface area contributed by atoms with Gasteiger partial charge in [-0.3, -0.25) is 4.79 Å². The number of nitrogens with one attached hydrogen (secondary N) is 1. The molecule has 0 saturated carbocycles. The maximum Gasteiger partial charge on any atom is 0.223 e. The Morgan fingerprint density at radius 3 is 2.73 bits per heavy atom. The van der Waals surface area contributed by atoms with Gasteiger partial charge in [0.05, 0.1) is 18.5 Å². The monoisotopic (exact) mass is 467 g/mol. The molecule has 33 heavy (non-hydrogen) atoms. The number of ether oxygens (including phenoxy) is 1. The second kappa shape index (κ2) is 10.1. The number of piperidine rings is 1. The van der Waals surface area contributed by atoms with Gasteiger partial charge < -0.3 is 19.9 Å². The van der Waals surface area contributed by atoms with E-state index in [4.69, 9.17) is 4.74 Å². The van der Waals surface area contributed by atoms with Gasteiger partial charge in [0.15, 0.2) is 0 Å². The fraction of sp³-hybridized carbons (Fsp3) is 0.480. The molecule has 1 aliphatic heterocycles. The number of hydrogen-bond donors (Lipinski definition) is 1. The number of carbonyl (C=O) groups excluding carboxylic acids is 1. The fourth-order valence-electron chi connectivity index (χ4n) is 4.55. The molecular formula is C25H33N5O2S. The molecule has 7 nitrogen and oxygen atoms in total. The zero-order valence-corrected chi connectivity index (χ0v) is 20.9. The molecule has 8 heteroatoms. The molecule has 0 unspecified atom stereocenters. The SMILES string of the molecule is COc1cccc([C@H](CNC(=O)C2CCN(c3ncnc4sc(C)c(C)c34)CC2)N(C)C)c1. The number of nitrogens with zero attached hydrogens (tertiary/aromatic N) is 4. The standard InChI is InChI=1S/C25H33N5O2S/c1-16-17(2)33-25-22(16)23(27-15-28-25)30-11-9-18(10-12-30)24(31)26-14-21(29(3)4)19-7-6-8-20(13-19)32-5/h6-8,13,15,18,21H,9-12,14H2,1-5H3,(H,26,31)/t21-/m0/s1. The topological polar surface area (TPSA) is 70.6 Å². The van der Waals surface area contributed by atoms with E-state index in [1.807, 2.05) is 32.3 Å². The van der Waals surface area contributed by atoms with Gasteiger partial charge in [0, 0.05) is 30.4 Å². The molecule has 1 fully saturated rings. The van der Waals surface area contributed by atoms with Gasteiger partial charge in [0.1, 0.15) is 22.7 Å². The zero-order valence-electron chi connectivity index (χ0n) is 20.1. The Labute approximate surface area is 199 Å². The van der Waals surface area contributed by atoms with Gasteiger partial charge in [-0.2, -0.15) is 0 Å². The maximum absolute atomic E-state index is 13.0. The molecule has 4 rings (SSSR count). The van der Waals surface area contributed by atoms with E-state index in [0.29, 0.717) is 6.54 Å². The van der Waals surface area contributed by atoms with Crippen LogP contribution in [0, 0.1) is 19.8 Å².